The van der Waals surface area contributed by atoms with E-state index in [2.05, 4.69) is 26.9 Å². The van der Waals surface area contributed by atoms with E-state index in [4.69, 9.17) is 0 Å². The van der Waals surface area contributed by atoms with Crippen molar-refractivity contribution in [3.63, 3.8) is 0 Å². The Bertz CT molecular complexity index is 620. The Labute approximate surface area is 173 Å². The Balaban J connectivity index is 0.00000676. The van der Waals surface area contributed by atoms with Crippen molar-refractivity contribution in [1.29, 1.82) is 0 Å². The van der Waals surface area contributed by atoms with E-state index in [1.54, 1.807) is 32.3 Å². The highest BCUT2D eigenvalue weighted by Crippen LogP contribution is 2.19. The number of alkyl halides is 3. The molecule has 2 N–H and O–H groups in total. The van der Waals surface area contributed by atoms with Gasteiger partial charge in [-0.2, -0.15) is 13.2 Å². The van der Waals surface area contributed by atoms with Crippen molar-refractivity contribution >= 4 is 35.8 Å². The van der Waals surface area contributed by atoms with E-state index in [0.29, 0.717) is 12.5 Å². The lowest BCUT2D eigenvalue weighted by Crippen LogP contribution is -2.43. The molecule has 0 atom stereocenters. The number of aliphatic imine (C=N–C) groups is 1. The number of nitrogens with one attached hydrogen (secondary N) is 2. The summed E-state index contributed by atoms with van der Waals surface area (Å²) in [7, 11) is 3.31. The number of benzene rings is 1. The molecule has 27 heavy (non-hydrogen) atoms. The predicted molar refractivity (Wildman–Crippen MR) is 109 cm³/mol. The first-order chi connectivity index (χ1) is 12.2. The largest absolute Gasteiger partial charge is 0.484 e. The minimum atomic E-state index is -4.37. The third kappa shape index (κ3) is 11.4. The van der Waals surface area contributed by atoms with Gasteiger partial charge in [-0.05, 0) is 17.7 Å². The monoisotopic (exact) mass is 500 g/mol. The van der Waals surface area contributed by atoms with Gasteiger partial charge in [0.25, 0.3) is 0 Å². The predicted octanol–water partition coefficient (Wildman–Crippen LogP) is 2.56. The quantitative estimate of drug-likeness (QED) is 0.249. The van der Waals surface area contributed by atoms with Crippen LogP contribution in [0.25, 0.3) is 0 Å². The van der Waals surface area contributed by atoms with Gasteiger partial charge in [-0.3, -0.25) is 4.79 Å². The van der Waals surface area contributed by atoms with Crippen LogP contribution in [0, 0.1) is 0 Å². The number of halogens is 4. The molecule has 6 nitrogen and oxygen atoms in total. The van der Waals surface area contributed by atoms with E-state index >= 15 is 0 Å². The van der Waals surface area contributed by atoms with Gasteiger partial charge in [0.15, 0.2) is 12.6 Å². The van der Waals surface area contributed by atoms with Crippen LogP contribution < -0.4 is 15.4 Å². The lowest BCUT2D eigenvalue weighted by Gasteiger charge is -2.14. The molecular formula is C17H24F3IN4O2. The zero-order valence-electron chi connectivity index (χ0n) is 15.2. The zero-order chi connectivity index (χ0) is 19.6. The van der Waals surface area contributed by atoms with Gasteiger partial charge in [-0.25, -0.2) is 4.99 Å². The second-order valence-electron chi connectivity index (χ2n) is 5.52. The molecule has 0 bridgehead atoms. The van der Waals surface area contributed by atoms with Crippen LogP contribution in [0.4, 0.5) is 13.2 Å². The summed E-state index contributed by atoms with van der Waals surface area (Å²) in [5, 5.41) is 5.89. The van der Waals surface area contributed by atoms with Crippen LogP contribution in [-0.4, -0.2) is 56.7 Å². The Kier molecular flexibility index (Phi) is 11.5. The Morgan fingerprint density at radius 1 is 1.26 bits per heavy atom. The second kappa shape index (κ2) is 12.4. The minimum absolute atomic E-state index is 0. The van der Waals surface area contributed by atoms with Crippen molar-refractivity contribution < 1.29 is 22.7 Å². The molecule has 0 aliphatic rings. The number of likely N-dealkylation sites (N-methyl/N-ethyl adjacent to an activating group) is 1. The molecule has 1 aromatic rings. The summed E-state index contributed by atoms with van der Waals surface area (Å²) < 4.78 is 41.0. The summed E-state index contributed by atoms with van der Waals surface area (Å²) in [4.78, 5) is 17.4. The van der Waals surface area contributed by atoms with Crippen LogP contribution in [0.5, 0.6) is 5.75 Å². The van der Waals surface area contributed by atoms with Crippen molar-refractivity contribution in [2.75, 3.05) is 33.8 Å². The zero-order valence-corrected chi connectivity index (χ0v) is 17.5. The topological polar surface area (TPSA) is 66.0 Å². The minimum Gasteiger partial charge on any atom is -0.484 e. The number of rotatable bonds is 8. The van der Waals surface area contributed by atoms with Crippen molar-refractivity contribution in [3.8, 4) is 5.75 Å². The van der Waals surface area contributed by atoms with Gasteiger partial charge >= 0.3 is 6.18 Å². The fourth-order valence-corrected chi connectivity index (χ4v) is 1.69. The number of carbonyl (C=O) groups excluding carboxylic acids is 1. The SMILES string of the molecule is C=CCNC(=NCc1ccc(OCC(F)(F)F)cc1)NCC(=O)N(C)C.I. The number of ether oxygens (including phenoxy) is 1. The third-order valence-corrected chi connectivity index (χ3v) is 3.07. The first-order valence-corrected chi connectivity index (χ1v) is 7.83. The lowest BCUT2D eigenvalue weighted by atomic mass is 10.2. The molecule has 1 rings (SSSR count). The van der Waals surface area contributed by atoms with Crippen LogP contribution in [0.3, 0.4) is 0 Å². The number of amides is 1. The molecule has 0 aromatic heterocycles. The van der Waals surface area contributed by atoms with E-state index in [-0.39, 0.29) is 48.7 Å². The first kappa shape index (κ1) is 25.0. The number of hydrogen-bond acceptors (Lipinski definition) is 3. The summed E-state index contributed by atoms with van der Waals surface area (Å²) in [6.45, 7) is 3.10. The fraction of sp³-hybridized carbons (Fsp3) is 0.412. The molecule has 10 heteroatoms. The van der Waals surface area contributed by atoms with Crippen molar-refractivity contribution in [2.45, 2.75) is 12.7 Å². The average molecular weight is 500 g/mol. The Hall–Kier alpha value is -1.98. The van der Waals surface area contributed by atoms with E-state index < -0.39 is 12.8 Å². The number of guanidine groups is 1. The summed E-state index contributed by atoms with van der Waals surface area (Å²) in [5.74, 6) is 0.455. The number of nitrogens with zero attached hydrogens (tertiary/aromatic N) is 2. The standard InChI is InChI=1S/C17H23F3N4O2.HI/c1-4-9-21-16(23-11-15(25)24(2)3)22-10-13-5-7-14(8-6-13)26-12-17(18,19)20;/h4-8H,1,9-12H2,2-3H3,(H2,21,22,23);1H. The fourth-order valence-electron chi connectivity index (χ4n) is 1.69. The second-order valence-corrected chi connectivity index (χ2v) is 5.52. The van der Waals surface area contributed by atoms with Gasteiger partial charge in [0.2, 0.25) is 5.91 Å². The molecule has 152 valence electrons. The summed E-state index contributed by atoms with van der Waals surface area (Å²) in [5.41, 5.74) is 0.781. The van der Waals surface area contributed by atoms with E-state index in [1.165, 1.54) is 17.0 Å². The van der Waals surface area contributed by atoms with E-state index in [1.807, 2.05) is 0 Å². The molecule has 0 aliphatic carbocycles. The van der Waals surface area contributed by atoms with Crippen molar-refractivity contribution in [3.05, 3.63) is 42.5 Å². The summed E-state index contributed by atoms with van der Waals surface area (Å²) in [6, 6.07) is 6.17. The average Bonchev–Trinajstić information content (AvgIpc) is 2.59. The maximum atomic E-state index is 12.1. The third-order valence-electron chi connectivity index (χ3n) is 3.07. The molecule has 1 amide bonds. The maximum Gasteiger partial charge on any atom is 0.422 e. The molecule has 0 saturated heterocycles. The summed E-state index contributed by atoms with van der Waals surface area (Å²) in [6.07, 6.45) is -2.72. The van der Waals surface area contributed by atoms with E-state index in [0.717, 1.165) is 5.56 Å². The molecule has 0 unspecified atom stereocenters. The molecule has 0 heterocycles. The number of carbonyl (C=O) groups is 1. The van der Waals surface area contributed by atoms with Gasteiger partial charge in [0.1, 0.15) is 5.75 Å². The van der Waals surface area contributed by atoms with Crippen molar-refractivity contribution in [2.24, 2.45) is 4.99 Å². The normalized spacial score (nSPS) is 11.2. The van der Waals surface area contributed by atoms with Crippen LogP contribution >= 0.6 is 24.0 Å². The van der Waals surface area contributed by atoms with E-state index in [9.17, 15) is 18.0 Å². The van der Waals surface area contributed by atoms with Crippen LogP contribution in [0.2, 0.25) is 0 Å². The van der Waals surface area contributed by atoms with Gasteiger partial charge in [0.05, 0.1) is 13.1 Å². The molecule has 0 radical (unpaired) electrons. The van der Waals surface area contributed by atoms with Gasteiger partial charge in [0, 0.05) is 20.6 Å². The lowest BCUT2D eigenvalue weighted by molar-refractivity contribution is -0.153. The molecule has 1 aromatic carbocycles. The van der Waals surface area contributed by atoms with Crippen LogP contribution in [-0.2, 0) is 11.3 Å². The highest BCUT2D eigenvalue weighted by molar-refractivity contribution is 14.0. The molecular weight excluding hydrogens is 476 g/mol. The number of hydrogen-bond donors (Lipinski definition) is 2. The highest BCUT2D eigenvalue weighted by atomic mass is 127. The maximum absolute atomic E-state index is 12.1. The smallest absolute Gasteiger partial charge is 0.422 e. The first-order valence-electron chi connectivity index (χ1n) is 7.83. The van der Waals surface area contributed by atoms with Crippen molar-refractivity contribution in [1.82, 2.24) is 15.5 Å². The highest BCUT2D eigenvalue weighted by Gasteiger charge is 2.28. The van der Waals surface area contributed by atoms with Crippen LogP contribution in [0.15, 0.2) is 41.9 Å². The van der Waals surface area contributed by atoms with Gasteiger partial charge in [-0.1, -0.05) is 18.2 Å². The molecule has 0 saturated carbocycles. The van der Waals surface area contributed by atoms with Crippen LogP contribution in [0.1, 0.15) is 5.56 Å². The van der Waals surface area contributed by atoms with Gasteiger partial charge in [-0.15, -0.1) is 30.6 Å². The Morgan fingerprint density at radius 3 is 2.41 bits per heavy atom. The molecule has 0 spiro atoms. The summed E-state index contributed by atoms with van der Waals surface area (Å²) >= 11 is 0. The Morgan fingerprint density at radius 2 is 1.89 bits per heavy atom. The van der Waals surface area contributed by atoms with Gasteiger partial charge < -0.3 is 20.3 Å². The molecule has 0 fully saturated rings. The molecule has 0 aliphatic heterocycles.